The molecule has 0 aliphatic carbocycles. The third-order valence-corrected chi connectivity index (χ3v) is 3.37. The van der Waals surface area contributed by atoms with Crippen LogP contribution in [0.1, 0.15) is 17.3 Å². The number of hydrogen-bond acceptors (Lipinski definition) is 4. The first kappa shape index (κ1) is 15.4. The van der Waals surface area contributed by atoms with Gasteiger partial charge in [0.15, 0.2) is 5.78 Å². The average Bonchev–Trinajstić information content (AvgIpc) is 2.48. The fraction of sp³-hybridized carbons (Fsp3) is 0.188. The zero-order valence-corrected chi connectivity index (χ0v) is 13.6. The second kappa shape index (κ2) is 6.63. The number of methoxy groups -OCH3 is 2. The van der Waals surface area contributed by atoms with Crippen molar-refractivity contribution < 1.29 is 19.0 Å². The van der Waals surface area contributed by atoms with Crippen LogP contribution in [0.3, 0.4) is 0 Å². The van der Waals surface area contributed by atoms with Crippen molar-refractivity contribution in [1.29, 1.82) is 0 Å². The molecule has 0 heterocycles. The van der Waals surface area contributed by atoms with Crippen molar-refractivity contribution in [2.24, 2.45) is 0 Å². The molecule has 110 valence electrons. The number of carbonyl (C=O) groups excluding carboxylic acids is 1. The Balaban J connectivity index is 2.40. The van der Waals surface area contributed by atoms with Crippen LogP contribution in [0.25, 0.3) is 0 Å². The smallest absolute Gasteiger partial charge is 0.163 e. The Labute approximate surface area is 131 Å². The van der Waals surface area contributed by atoms with E-state index in [-0.39, 0.29) is 5.78 Å². The number of halogens is 1. The van der Waals surface area contributed by atoms with Gasteiger partial charge in [0.1, 0.15) is 23.0 Å². The van der Waals surface area contributed by atoms with Gasteiger partial charge in [-0.2, -0.15) is 0 Å². The summed E-state index contributed by atoms with van der Waals surface area (Å²) in [6.07, 6.45) is 0. The molecule has 0 saturated heterocycles. The molecule has 2 rings (SSSR count). The summed E-state index contributed by atoms with van der Waals surface area (Å²) >= 11 is 3.35. The van der Waals surface area contributed by atoms with Crippen LogP contribution in [0.4, 0.5) is 0 Å². The highest BCUT2D eigenvalue weighted by Crippen LogP contribution is 2.33. The molecule has 0 unspecified atom stereocenters. The Morgan fingerprint density at radius 3 is 2.05 bits per heavy atom. The molecule has 0 bridgehead atoms. The van der Waals surface area contributed by atoms with Crippen molar-refractivity contribution in [3.8, 4) is 23.0 Å². The number of Topliss-reactive ketones (excluding diaryl/α,β-unsaturated/α-hetero) is 1. The molecule has 5 heteroatoms. The van der Waals surface area contributed by atoms with Gasteiger partial charge in [-0.1, -0.05) is 15.9 Å². The number of rotatable bonds is 5. The van der Waals surface area contributed by atoms with E-state index < -0.39 is 0 Å². The summed E-state index contributed by atoms with van der Waals surface area (Å²) in [7, 11) is 3.14. The number of benzene rings is 2. The number of carbonyl (C=O) groups is 1. The first-order valence-electron chi connectivity index (χ1n) is 6.25. The molecule has 0 N–H and O–H groups in total. The van der Waals surface area contributed by atoms with Gasteiger partial charge in [0.05, 0.1) is 19.8 Å². The molecule has 21 heavy (non-hydrogen) atoms. The highest BCUT2D eigenvalue weighted by atomic mass is 79.9. The van der Waals surface area contributed by atoms with Gasteiger partial charge >= 0.3 is 0 Å². The molecule has 0 aliphatic rings. The van der Waals surface area contributed by atoms with Crippen LogP contribution in [-0.4, -0.2) is 20.0 Å². The predicted molar refractivity (Wildman–Crippen MR) is 83.8 cm³/mol. The average molecular weight is 351 g/mol. The lowest BCUT2D eigenvalue weighted by Gasteiger charge is -2.12. The minimum Gasteiger partial charge on any atom is -0.496 e. The van der Waals surface area contributed by atoms with Gasteiger partial charge < -0.3 is 14.2 Å². The molecule has 2 aromatic carbocycles. The molecule has 0 spiro atoms. The zero-order chi connectivity index (χ0) is 15.4. The normalized spacial score (nSPS) is 10.1. The van der Waals surface area contributed by atoms with Gasteiger partial charge in [-0.25, -0.2) is 0 Å². The van der Waals surface area contributed by atoms with E-state index in [0.717, 1.165) is 4.47 Å². The van der Waals surface area contributed by atoms with Crippen molar-refractivity contribution in [3.63, 3.8) is 0 Å². The van der Waals surface area contributed by atoms with Crippen molar-refractivity contribution in [2.45, 2.75) is 6.92 Å². The summed E-state index contributed by atoms with van der Waals surface area (Å²) < 4.78 is 17.0. The third kappa shape index (κ3) is 3.76. The van der Waals surface area contributed by atoms with Crippen molar-refractivity contribution in [2.75, 3.05) is 14.2 Å². The Kier molecular flexibility index (Phi) is 4.85. The fourth-order valence-electron chi connectivity index (χ4n) is 1.83. The third-order valence-electron chi connectivity index (χ3n) is 2.87. The molecular formula is C16H15BrO4. The van der Waals surface area contributed by atoms with Gasteiger partial charge in [0.25, 0.3) is 0 Å². The van der Waals surface area contributed by atoms with E-state index in [1.54, 1.807) is 44.6 Å². The largest absolute Gasteiger partial charge is 0.496 e. The van der Waals surface area contributed by atoms with E-state index in [1.165, 1.54) is 6.92 Å². The molecule has 2 aromatic rings. The summed E-state index contributed by atoms with van der Waals surface area (Å²) in [6, 6.07) is 10.5. The number of ether oxygens (including phenoxy) is 3. The molecule has 4 nitrogen and oxygen atoms in total. The molecule has 0 aromatic heterocycles. The topological polar surface area (TPSA) is 44.8 Å². The lowest BCUT2D eigenvalue weighted by atomic mass is 10.1. The molecule has 0 aliphatic heterocycles. The monoisotopic (exact) mass is 350 g/mol. The van der Waals surface area contributed by atoms with Crippen LogP contribution in [0.5, 0.6) is 23.0 Å². The second-order valence-corrected chi connectivity index (χ2v) is 5.26. The number of ketones is 1. The van der Waals surface area contributed by atoms with Crippen LogP contribution in [0.15, 0.2) is 40.9 Å². The Morgan fingerprint density at radius 1 is 0.952 bits per heavy atom. The lowest BCUT2D eigenvalue weighted by Crippen LogP contribution is -1.97. The number of hydrogen-bond donors (Lipinski definition) is 0. The minimum atomic E-state index is -0.0684. The molecule has 0 amide bonds. The highest BCUT2D eigenvalue weighted by Gasteiger charge is 2.11. The van der Waals surface area contributed by atoms with E-state index in [4.69, 9.17) is 14.2 Å². The van der Waals surface area contributed by atoms with Crippen LogP contribution < -0.4 is 14.2 Å². The van der Waals surface area contributed by atoms with E-state index >= 15 is 0 Å². The molecule has 0 saturated carbocycles. The highest BCUT2D eigenvalue weighted by molar-refractivity contribution is 9.10. The van der Waals surface area contributed by atoms with Gasteiger partial charge in [0.2, 0.25) is 0 Å². The molecule has 0 fully saturated rings. The van der Waals surface area contributed by atoms with E-state index in [0.29, 0.717) is 28.6 Å². The summed E-state index contributed by atoms with van der Waals surface area (Å²) in [4.78, 5) is 11.7. The van der Waals surface area contributed by atoms with E-state index in [9.17, 15) is 4.79 Å². The summed E-state index contributed by atoms with van der Waals surface area (Å²) in [5.74, 6) is 2.19. The predicted octanol–water partition coefficient (Wildman–Crippen LogP) is 4.46. The molecular weight excluding hydrogens is 336 g/mol. The van der Waals surface area contributed by atoms with Crippen molar-refractivity contribution in [1.82, 2.24) is 0 Å². The van der Waals surface area contributed by atoms with E-state index in [1.807, 2.05) is 6.07 Å². The standard InChI is InChI=1S/C16H15BrO4/c1-10(18)15-6-11(17)4-5-16(15)21-14-8-12(19-2)7-13(9-14)20-3/h4-9H,1-3H3. The maximum Gasteiger partial charge on any atom is 0.163 e. The SMILES string of the molecule is COc1cc(OC)cc(Oc2ccc(Br)cc2C(C)=O)c1. The van der Waals surface area contributed by atoms with E-state index in [2.05, 4.69) is 15.9 Å². The second-order valence-electron chi connectivity index (χ2n) is 4.35. The Morgan fingerprint density at radius 2 is 1.52 bits per heavy atom. The molecule has 0 atom stereocenters. The van der Waals surface area contributed by atoms with Crippen LogP contribution >= 0.6 is 15.9 Å². The zero-order valence-electron chi connectivity index (χ0n) is 12.0. The van der Waals surface area contributed by atoms with Crippen molar-refractivity contribution in [3.05, 3.63) is 46.4 Å². The first-order valence-corrected chi connectivity index (χ1v) is 7.04. The van der Waals surface area contributed by atoms with Crippen LogP contribution in [0.2, 0.25) is 0 Å². The van der Waals surface area contributed by atoms with Gasteiger partial charge in [-0.05, 0) is 25.1 Å². The Bertz CT molecular complexity index is 645. The Hall–Kier alpha value is -2.01. The lowest BCUT2D eigenvalue weighted by molar-refractivity contribution is 0.101. The summed E-state index contributed by atoms with van der Waals surface area (Å²) in [5.41, 5.74) is 0.506. The summed E-state index contributed by atoms with van der Waals surface area (Å²) in [5, 5.41) is 0. The van der Waals surface area contributed by atoms with Crippen LogP contribution in [0, 0.1) is 0 Å². The minimum absolute atomic E-state index is 0.0684. The van der Waals surface area contributed by atoms with Crippen LogP contribution in [-0.2, 0) is 0 Å². The first-order chi connectivity index (χ1) is 10.0. The summed E-state index contributed by atoms with van der Waals surface area (Å²) in [6.45, 7) is 1.50. The molecule has 0 radical (unpaired) electrons. The quantitative estimate of drug-likeness (QED) is 0.746. The maximum atomic E-state index is 11.7. The van der Waals surface area contributed by atoms with Gasteiger partial charge in [-0.3, -0.25) is 4.79 Å². The maximum absolute atomic E-state index is 11.7. The van der Waals surface area contributed by atoms with Gasteiger partial charge in [0, 0.05) is 22.7 Å². The van der Waals surface area contributed by atoms with Gasteiger partial charge in [-0.15, -0.1) is 0 Å². The fourth-order valence-corrected chi connectivity index (χ4v) is 2.19. The van der Waals surface area contributed by atoms with Crippen molar-refractivity contribution >= 4 is 21.7 Å².